The third kappa shape index (κ3) is 4.00. The van der Waals surface area contributed by atoms with Crippen LogP contribution >= 0.6 is 0 Å². The van der Waals surface area contributed by atoms with Gasteiger partial charge in [-0.05, 0) is 49.4 Å². The zero-order valence-electron chi connectivity index (χ0n) is 18.0. The number of hydrogen-bond acceptors (Lipinski definition) is 3. The largest absolute Gasteiger partial charge is 0.418 e. The van der Waals surface area contributed by atoms with Crippen molar-refractivity contribution in [3.63, 3.8) is 0 Å². The Labute approximate surface area is 189 Å². The van der Waals surface area contributed by atoms with E-state index < -0.39 is 46.9 Å². The molecule has 11 heteroatoms. The molecule has 0 atom stereocenters. The lowest BCUT2D eigenvalue weighted by Crippen LogP contribution is -2.41. The average Bonchev–Trinajstić information content (AvgIpc) is 3.06. The van der Waals surface area contributed by atoms with E-state index in [-0.39, 0.29) is 16.7 Å². The number of rotatable bonds is 4. The van der Waals surface area contributed by atoms with E-state index in [1.165, 1.54) is 34.9 Å². The van der Waals surface area contributed by atoms with E-state index in [0.717, 1.165) is 33.4 Å². The quantitative estimate of drug-likeness (QED) is 0.459. The molecule has 0 spiro atoms. The lowest BCUT2D eigenvalue weighted by molar-refractivity contribution is -0.137. The van der Waals surface area contributed by atoms with Gasteiger partial charge in [-0.3, -0.25) is 14.2 Å². The Morgan fingerprint density at radius 2 is 1.68 bits per heavy atom. The molecule has 4 rings (SSSR count). The molecule has 1 N–H and O–H groups in total. The van der Waals surface area contributed by atoms with E-state index in [9.17, 15) is 31.9 Å². The molecule has 176 valence electrons. The number of para-hydroxylation sites is 1. The Morgan fingerprint density at radius 3 is 2.32 bits per heavy atom. The van der Waals surface area contributed by atoms with Gasteiger partial charge in [-0.15, -0.1) is 0 Å². The number of carbonyl (C=O) groups excluding carboxylic acids is 1. The van der Waals surface area contributed by atoms with Crippen molar-refractivity contribution in [3.8, 4) is 5.69 Å². The normalized spacial score (nSPS) is 11.7. The fraction of sp³-hybridized carbons (Fsp3) is 0.174. The van der Waals surface area contributed by atoms with E-state index in [4.69, 9.17) is 0 Å². The predicted molar refractivity (Wildman–Crippen MR) is 118 cm³/mol. The first-order valence-electron chi connectivity index (χ1n) is 10.0. The molecular weight excluding hydrogens is 456 g/mol. The second kappa shape index (κ2) is 8.32. The van der Waals surface area contributed by atoms with Gasteiger partial charge in [0.25, 0.3) is 5.56 Å². The first-order chi connectivity index (χ1) is 16.0. The molecule has 2 aromatic carbocycles. The van der Waals surface area contributed by atoms with Crippen LogP contribution in [0.15, 0.2) is 64.2 Å². The molecule has 4 aromatic rings. The zero-order valence-corrected chi connectivity index (χ0v) is 18.0. The van der Waals surface area contributed by atoms with Crippen LogP contribution in [0.4, 0.5) is 23.2 Å². The van der Waals surface area contributed by atoms with Crippen LogP contribution in [-0.2, 0) is 24.6 Å². The molecule has 7 nitrogen and oxygen atoms in total. The first kappa shape index (κ1) is 23.0. The summed E-state index contributed by atoms with van der Waals surface area (Å²) in [6.07, 6.45) is -4.69. The van der Waals surface area contributed by atoms with Crippen LogP contribution in [0.5, 0.6) is 0 Å². The van der Waals surface area contributed by atoms with Crippen LogP contribution in [0.1, 0.15) is 11.3 Å². The van der Waals surface area contributed by atoms with Gasteiger partial charge in [-0.25, -0.2) is 13.8 Å². The number of alkyl halides is 3. The fourth-order valence-corrected chi connectivity index (χ4v) is 3.73. The van der Waals surface area contributed by atoms with Gasteiger partial charge in [-0.1, -0.05) is 12.1 Å². The van der Waals surface area contributed by atoms with Crippen LogP contribution in [0.2, 0.25) is 0 Å². The number of carbonyl (C=O) groups is 1. The van der Waals surface area contributed by atoms with Gasteiger partial charge in [0.15, 0.2) is 0 Å². The van der Waals surface area contributed by atoms with E-state index in [1.54, 1.807) is 14.0 Å². The van der Waals surface area contributed by atoms with Gasteiger partial charge in [0.1, 0.15) is 17.9 Å². The van der Waals surface area contributed by atoms with Crippen LogP contribution < -0.4 is 16.6 Å². The van der Waals surface area contributed by atoms with Gasteiger partial charge in [0, 0.05) is 12.7 Å². The molecule has 34 heavy (non-hydrogen) atoms. The smallest absolute Gasteiger partial charge is 0.342 e. The number of hydrogen-bond donors (Lipinski definition) is 1. The van der Waals surface area contributed by atoms with E-state index >= 15 is 0 Å². The fourth-order valence-electron chi connectivity index (χ4n) is 3.73. The molecule has 0 unspecified atom stereocenters. The van der Waals surface area contributed by atoms with Gasteiger partial charge in [-0.2, -0.15) is 13.2 Å². The highest BCUT2D eigenvalue weighted by Crippen LogP contribution is 2.34. The molecule has 0 aliphatic carbocycles. The summed E-state index contributed by atoms with van der Waals surface area (Å²) in [5.41, 5.74) is -2.13. The second-order valence-corrected chi connectivity index (χ2v) is 7.66. The van der Waals surface area contributed by atoms with Crippen molar-refractivity contribution in [2.75, 3.05) is 5.32 Å². The maximum atomic E-state index is 13.4. The van der Waals surface area contributed by atoms with Gasteiger partial charge in [0.2, 0.25) is 5.91 Å². The minimum atomic E-state index is -4.69. The predicted octanol–water partition coefficient (Wildman–Crippen LogP) is 3.60. The maximum absolute atomic E-state index is 13.4. The monoisotopic (exact) mass is 474 g/mol. The SMILES string of the molecule is Cc1cc2c(c(=O)n(-c3ccc(F)cc3)c(=O)n2CC(=O)Nc2ccccc2C(F)(F)F)n1C. The van der Waals surface area contributed by atoms with Crippen molar-refractivity contribution >= 4 is 22.6 Å². The molecule has 0 saturated heterocycles. The summed E-state index contributed by atoms with van der Waals surface area (Å²) >= 11 is 0. The van der Waals surface area contributed by atoms with Gasteiger partial charge < -0.3 is 9.88 Å². The number of aromatic nitrogens is 3. The van der Waals surface area contributed by atoms with Crippen molar-refractivity contribution in [2.24, 2.45) is 7.05 Å². The second-order valence-electron chi connectivity index (χ2n) is 7.66. The van der Waals surface area contributed by atoms with Crippen LogP contribution in [-0.4, -0.2) is 19.6 Å². The highest BCUT2D eigenvalue weighted by molar-refractivity contribution is 5.92. The van der Waals surface area contributed by atoms with E-state index in [2.05, 4.69) is 5.32 Å². The molecular formula is C23H18F4N4O3. The molecule has 0 aliphatic rings. The number of nitrogens with one attached hydrogen (secondary N) is 1. The number of amides is 1. The third-order valence-electron chi connectivity index (χ3n) is 5.46. The number of halogens is 4. The first-order valence-corrected chi connectivity index (χ1v) is 10.0. The molecule has 0 radical (unpaired) electrons. The van der Waals surface area contributed by atoms with Gasteiger partial charge >= 0.3 is 11.9 Å². The van der Waals surface area contributed by atoms with Crippen molar-refractivity contribution in [1.29, 1.82) is 0 Å². The lowest BCUT2D eigenvalue weighted by atomic mass is 10.1. The summed E-state index contributed by atoms with van der Waals surface area (Å²) in [6.45, 7) is 1.03. The molecule has 0 saturated carbocycles. The van der Waals surface area contributed by atoms with Crippen molar-refractivity contribution in [1.82, 2.24) is 13.7 Å². The summed E-state index contributed by atoms with van der Waals surface area (Å²) in [5.74, 6) is -1.47. The Hall–Kier alpha value is -4.15. The molecule has 0 bridgehead atoms. The Balaban J connectivity index is 1.84. The summed E-state index contributed by atoms with van der Waals surface area (Å²) in [4.78, 5) is 39.2. The molecule has 2 aromatic heterocycles. The zero-order chi connectivity index (χ0) is 24.8. The molecule has 2 heterocycles. The minimum Gasteiger partial charge on any atom is -0.342 e. The Bertz CT molecular complexity index is 1530. The highest BCUT2D eigenvalue weighted by Gasteiger charge is 2.33. The van der Waals surface area contributed by atoms with Gasteiger partial charge in [0.05, 0.1) is 22.5 Å². The Kier molecular flexibility index (Phi) is 5.64. The Morgan fingerprint density at radius 1 is 1.03 bits per heavy atom. The molecule has 1 amide bonds. The highest BCUT2D eigenvalue weighted by atomic mass is 19.4. The summed E-state index contributed by atoms with van der Waals surface area (Å²) in [7, 11) is 1.60. The standard InChI is InChI=1S/C23H18F4N4O3/c1-13-11-18-20(29(13)2)21(33)31(15-9-7-14(24)8-10-15)22(34)30(18)12-19(32)28-17-6-4-3-5-16(17)23(25,26)27/h3-11H,12H2,1-2H3,(H,28,32). The topological polar surface area (TPSA) is 78.0 Å². The van der Waals surface area contributed by atoms with Crippen molar-refractivity contribution in [2.45, 2.75) is 19.6 Å². The average molecular weight is 474 g/mol. The summed E-state index contributed by atoms with van der Waals surface area (Å²) in [5, 5.41) is 2.20. The summed E-state index contributed by atoms with van der Waals surface area (Å²) < 4.78 is 56.6. The number of nitrogens with zero attached hydrogens (tertiary/aromatic N) is 3. The van der Waals surface area contributed by atoms with E-state index in [1.807, 2.05) is 0 Å². The van der Waals surface area contributed by atoms with Crippen molar-refractivity contribution < 1.29 is 22.4 Å². The van der Waals surface area contributed by atoms with E-state index in [0.29, 0.717) is 5.69 Å². The number of aryl methyl sites for hydroxylation is 2. The minimum absolute atomic E-state index is 0.0775. The maximum Gasteiger partial charge on any atom is 0.418 e. The number of benzene rings is 2. The lowest BCUT2D eigenvalue weighted by Gasteiger charge is -2.15. The number of fused-ring (bicyclic) bond motifs is 1. The number of anilines is 1. The van der Waals surface area contributed by atoms with Crippen LogP contribution in [0, 0.1) is 12.7 Å². The van der Waals surface area contributed by atoms with Crippen molar-refractivity contribution in [3.05, 3.63) is 92.5 Å². The van der Waals surface area contributed by atoms with Crippen LogP contribution in [0.3, 0.4) is 0 Å². The molecule has 0 fully saturated rings. The summed E-state index contributed by atoms with van der Waals surface area (Å²) in [6, 6.07) is 10.6. The molecule has 0 aliphatic heterocycles. The van der Waals surface area contributed by atoms with Crippen LogP contribution in [0.25, 0.3) is 16.7 Å². The third-order valence-corrected chi connectivity index (χ3v) is 5.46.